The van der Waals surface area contributed by atoms with Gasteiger partial charge in [0.1, 0.15) is 0 Å². The number of hydrogen-bond acceptors (Lipinski definition) is 3. The first-order valence-corrected chi connectivity index (χ1v) is 9.00. The van der Waals surface area contributed by atoms with E-state index in [2.05, 4.69) is 41.0 Å². The van der Waals surface area contributed by atoms with Crippen molar-refractivity contribution in [2.24, 2.45) is 0 Å². The molecule has 0 bridgehead atoms. The third kappa shape index (κ3) is 4.60. The molecule has 25 heavy (non-hydrogen) atoms. The van der Waals surface area contributed by atoms with Gasteiger partial charge >= 0.3 is 6.03 Å². The minimum absolute atomic E-state index is 0.0372. The van der Waals surface area contributed by atoms with Crippen molar-refractivity contribution >= 4 is 6.03 Å². The fraction of sp³-hybridized carbons (Fsp3) is 0.474. The zero-order valence-corrected chi connectivity index (χ0v) is 15.0. The minimum atomic E-state index is 0.0372. The Morgan fingerprint density at radius 3 is 2.92 bits per heavy atom. The summed E-state index contributed by atoms with van der Waals surface area (Å²) in [5, 5.41) is 11.0. The van der Waals surface area contributed by atoms with E-state index in [-0.39, 0.29) is 12.1 Å². The van der Waals surface area contributed by atoms with Gasteiger partial charge in [-0.2, -0.15) is 5.10 Å². The molecule has 2 aromatic rings. The van der Waals surface area contributed by atoms with Crippen LogP contribution >= 0.6 is 0 Å². The molecule has 1 aromatic carbocycles. The second-order valence-electron chi connectivity index (χ2n) is 6.61. The molecule has 1 fully saturated rings. The van der Waals surface area contributed by atoms with Crippen molar-refractivity contribution in [3.63, 3.8) is 0 Å². The number of hydrogen-bond donors (Lipinski definition) is 2. The van der Waals surface area contributed by atoms with Crippen molar-refractivity contribution < 1.29 is 4.79 Å². The van der Waals surface area contributed by atoms with Crippen LogP contribution in [-0.2, 0) is 6.54 Å². The Morgan fingerprint density at radius 2 is 2.16 bits per heavy atom. The normalized spacial score (nSPS) is 18.3. The van der Waals surface area contributed by atoms with Gasteiger partial charge in [0, 0.05) is 43.5 Å². The van der Waals surface area contributed by atoms with Gasteiger partial charge in [-0.3, -0.25) is 4.68 Å². The molecule has 0 unspecified atom stereocenters. The van der Waals surface area contributed by atoms with E-state index in [1.54, 1.807) is 0 Å². The van der Waals surface area contributed by atoms with E-state index in [0.717, 1.165) is 26.1 Å². The molecule has 3 rings (SSSR count). The Kier molecular flexibility index (Phi) is 5.71. The molecule has 1 aliphatic rings. The van der Waals surface area contributed by atoms with E-state index in [1.165, 1.54) is 11.1 Å². The molecule has 2 N–H and O–H groups in total. The second-order valence-corrected chi connectivity index (χ2v) is 6.61. The number of nitrogens with zero attached hydrogens (tertiary/aromatic N) is 3. The lowest BCUT2D eigenvalue weighted by Crippen LogP contribution is -2.41. The average molecular weight is 341 g/mol. The smallest absolute Gasteiger partial charge is 0.317 e. The maximum Gasteiger partial charge on any atom is 0.317 e. The lowest BCUT2D eigenvalue weighted by molar-refractivity contribution is 0.208. The Hall–Kier alpha value is -2.34. The molecule has 6 nitrogen and oxygen atoms in total. The summed E-state index contributed by atoms with van der Waals surface area (Å²) in [4.78, 5) is 13.8. The van der Waals surface area contributed by atoms with Gasteiger partial charge in [0.15, 0.2) is 0 Å². The third-order valence-electron chi connectivity index (χ3n) is 4.63. The lowest BCUT2D eigenvalue weighted by atomic mass is 10.1. The van der Waals surface area contributed by atoms with Crippen LogP contribution in [0.4, 0.5) is 4.79 Å². The first-order valence-electron chi connectivity index (χ1n) is 9.00. The standard InChI is InChI=1S/C19H27N5O/c1-3-20-19(25)23-10-9-18(14-23)22-15(2)17-11-21-24(13-17)12-16-7-5-4-6-8-16/h4-8,11,13,15,18,22H,3,9-10,12,14H2,1-2H3,(H,20,25)/t15-,18+/m1/s1. The SMILES string of the molecule is CCNC(=O)N1CC[C@H](N[C@H](C)c2cnn(Cc3ccccc3)c2)C1. The van der Waals surface area contributed by atoms with Crippen LogP contribution in [0.15, 0.2) is 42.7 Å². The van der Waals surface area contributed by atoms with Gasteiger partial charge in [-0.1, -0.05) is 30.3 Å². The number of likely N-dealkylation sites (tertiary alicyclic amines) is 1. The Balaban J connectivity index is 1.52. The summed E-state index contributed by atoms with van der Waals surface area (Å²) >= 11 is 0. The van der Waals surface area contributed by atoms with Crippen LogP contribution in [-0.4, -0.2) is 46.4 Å². The molecule has 0 saturated carbocycles. The number of rotatable bonds is 6. The lowest BCUT2D eigenvalue weighted by Gasteiger charge is -2.20. The highest BCUT2D eigenvalue weighted by Crippen LogP contribution is 2.17. The van der Waals surface area contributed by atoms with Crippen molar-refractivity contribution in [3.8, 4) is 0 Å². The number of amides is 2. The number of nitrogens with one attached hydrogen (secondary N) is 2. The summed E-state index contributed by atoms with van der Waals surface area (Å²) in [6.07, 6.45) is 5.01. The monoisotopic (exact) mass is 341 g/mol. The van der Waals surface area contributed by atoms with Crippen molar-refractivity contribution in [2.75, 3.05) is 19.6 Å². The van der Waals surface area contributed by atoms with E-state index in [4.69, 9.17) is 0 Å². The van der Waals surface area contributed by atoms with Crippen LogP contribution in [0.1, 0.15) is 37.4 Å². The molecule has 0 aliphatic carbocycles. The van der Waals surface area contributed by atoms with Gasteiger partial charge in [-0.15, -0.1) is 0 Å². The number of carbonyl (C=O) groups excluding carboxylic acids is 1. The van der Waals surface area contributed by atoms with Crippen molar-refractivity contribution in [3.05, 3.63) is 53.9 Å². The fourth-order valence-electron chi connectivity index (χ4n) is 3.25. The summed E-state index contributed by atoms with van der Waals surface area (Å²) in [5.74, 6) is 0. The van der Waals surface area contributed by atoms with Crippen molar-refractivity contribution in [1.82, 2.24) is 25.3 Å². The second kappa shape index (κ2) is 8.16. The number of urea groups is 1. The quantitative estimate of drug-likeness (QED) is 0.848. The first kappa shape index (κ1) is 17.5. The minimum Gasteiger partial charge on any atom is -0.338 e. The van der Waals surface area contributed by atoms with Crippen LogP contribution in [0.25, 0.3) is 0 Å². The fourth-order valence-corrected chi connectivity index (χ4v) is 3.25. The van der Waals surface area contributed by atoms with Gasteiger partial charge in [-0.25, -0.2) is 4.79 Å². The van der Waals surface area contributed by atoms with Crippen LogP contribution in [0, 0.1) is 0 Å². The zero-order valence-electron chi connectivity index (χ0n) is 15.0. The summed E-state index contributed by atoms with van der Waals surface area (Å²) in [6, 6.07) is 10.9. The van der Waals surface area contributed by atoms with Crippen LogP contribution in [0.2, 0.25) is 0 Å². The highest BCUT2D eigenvalue weighted by Gasteiger charge is 2.27. The maximum atomic E-state index is 11.9. The van der Waals surface area contributed by atoms with E-state index in [9.17, 15) is 4.79 Å². The van der Waals surface area contributed by atoms with E-state index < -0.39 is 0 Å². The van der Waals surface area contributed by atoms with Gasteiger partial charge in [-0.05, 0) is 25.8 Å². The summed E-state index contributed by atoms with van der Waals surface area (Å²) in [7, 11) is 0. The Bertz CT molecular complexity index is 684. The molecule has 1 aromatic heterocycles. The predicted molar refractivity (Wildman–Crippen MR) is 98.4 cm³/mol. The Morgan fingerprint density at radius 1 is 1.36 bits per heavy atom. The molecule has 2 heterocycles. The molecule has 1 saturated heterocycles. The zero-order chi connectivity index (χ0) is 17.6. The van der Waals surface area contributed by atoms with Gasteiger partial charge in [0.25, 0.3) is 0 Å². The predicted octanol–water partition coefficient (Wildman–Crippen LogP) is 2.39. The Labute approximate surface area is 149 Å². The van der Waals surface area contributed by atoms with E-state index in [1.807, 2.05) is 40.9 Å². The highest BCUT2D eigenvalue weighted by molar-refractivity contribution is 5.74. The van der Waals surface area contributed by atoms with E-state index in [0.29, 0.717) is 12.6 Å². The molecular formula is C19H27N5O. The number of benzene rings is 1. The molecular weight excluding hydrogens is 314 g/mol. The number of aromatic nitrogens is 2. The summed E-state index contributed by atoms with van der Waals surface area (Å²) < 4.78 is 1.97. The molecule has 1 aliphatic heterocycles. The molecule has 2 amide bonds. The van der Waals surface area contributed by atoms with Crippen molar-refractivity contribution in [1.29, 1.82) is 0 Å². The summed E-state index contributed by atoms with van der Waals surface area (Å²) in [5.41, 5.74) is 2.42. The van der Waals surface area contributed by atoms with Crippen LogP contribution in [0.5, 0.6) is 0 Å². The van der Waals surface area contributed by atoms with Gasteiger partial charge < -0.3 is 15.5 Å². The maximum absolute atomic E-state index is 11.9. The largest absolute Gasteiger partial charge is 0.338 e. The highest BCUT2D eigenvalue weighted by atomic mass is 16.2. The molecule has 2 atom stereocenters. The third-order valence-corrected chi connectivity index (χ3v) is 4.63. The topological polar surface area (TPSA) is 62.2 Å². The average Bonchev–Trinajstić information content (AvgIpc) is 3.26. The van der Waals surface area contributed by atoms with E-state index >= 15 is 0 Å². The van der Waals surface area contributed by atoms with Crippen molar-refractivity contribution in [2.45, 2.75) is 38.9 Å². The first-order chi connectivity index (χ1) is 12.2. The van der Waals surface area contributed by atoms with Gasteiger partial charge in [0.05, 0.1) is 12.7 Å². The number of carbonyl (C=O) groups is 1. The van der Waals surface area contributed by atoms with Crippen LogP contribution < -0.4 is 10.6 Å². The van der Waals surface area contributed by atoms with Crippen LogP contribution in [0.3, 0.4) is 0 Å². The molecule has 134 valence electrons. The van der Waals surface area contributed by atoms with Gasteiger partial charge in [0.2, 0.25) is 0 Å². The molecule has 6 heteroatoms. The molecule has 0 spiro atoms. The summed E-state index contributed by atoms with van der Waals surface area (Å²) in [6.45, 7) is 7.11. The molecule has 0 radical (unpaired) electrons.